The number of benzene rings is 2. The topological polar surface area (TPSA) is 111 Å². The van der Waals surface area contributed by atoms with Gasteiger partial charge in [-0.05, 0) is 30.3 Å². The van der Waals surface area contributed by atoms with Crippen molar-refractivity contribution in [2.75, 3.05) is 19.8 Å². The molecule has 4 aromatic rings. The first-order valence-electron chi connectivity index (χ1n) is 8.97. The van der Waals surface area contributed by atoms with Gasteiger partial charge in [-0.15, -0.1) is 10.2 Å². The Morgan fingerprint density at radius 2 is 1.77 bits per heavy atom. The summed E-state index contributed by atoms with van der Waals surface area (Å²) >= 11 is 0. The van der Waals surface area contributed by atoms with E-state index in [1.807, 2.05) is 0 Å². The van der Waals surface area contributed by atoms with Gasteiger partial charge in [0.25, 0.3) is 11.8 Å². The minimum absolute atomic E-state index is 0.0699. The fourth-order valence-electron chi connectivity index (χ4n) is 2.79. The molecule has 4 rings (SSSR count). The molecule has 0 aliphatic rings. The van der Waals surface area contributed by atoms with E-state index in [4.69, 9.17) is 10.2 Å². The number of nitrogens with zero attached hydrogens (tertiary/aromatic N) is 5. The fourth-order valence-corrected chi connectivity index (χ4v) is 2.79. The van der Waals surface area contributed by atoms with Gasteiger partial charge >= 0.3 is 0 Å². The zero-order valence-corrected chi connectivity index (χ0v) is 16.2. The van der Waals surface area contributed by atoms with Crippen molar-refractivity contribution in [2.24, 2.45) is 0 Å². The Hall–Kier alpha value is -4.14. The van der Waals surface area contributed by atoms with Crippen molar-refractivity contribution in [1.29, 1.82) is 0 Å². The smallest absolute Gasteiger partial charge is 0.270 e. The van der Waals surface area contributed by atoms with Crippen LogP contribution in [0.4, 0.5) is 10.2 Å². The van der Waals surface area contributed by atoms with Crippen LogP contribution in [-0.4, -0.2) is 45.1 Å². The molecule has 2 aromatic carbocycles. The van der Waals surface area contributed by atoms with Crippen LogP contribution in [0.15, 0.2) is 59.1 Å². The summed E-state index contributed by atoms with van der Waals surface area (Å²) in [4.78, 5) is 22.2. The summed E-state index contributed by atoms with van der Waals surface area (Å²) in [5.74, 6) is -0.179. The van der Waals surface area contributed by atoms with Crippen molar-refractivity contribution in [2.45, 2.75) is 0 Å². The number of nitrogen functional groups attached to an aromatic ring is 1. The molecule has 9 heteroatoms. The van der Waals surface area contributed by atoms with E-state index >= 15 is 0 Å². The monoisotopic (exact) mass is 404 g/mol. The lowest BCUT2D eigenvalue weighted by atomic mass is 10.1. The third-order valence-electron chi connectivity index (χ3n) is 4.33. The van der Waals surface area contributed by atoms with E-state index < -0.39 is 5.82 Å². The van der Waals surface area contributed by atoms with E-state index in [1.165, 1.54) is 23.2 Å². The molecule has 1 amide bonds. The van der Waals surface area contributed by atoms with Gasteiger partial charge in [-0.2, -0.15) is 0 Å². The van der Waals surface area contributed by atoms with Gasteiger partial charge in [0, 0.05) is 30.8 Å². The van der Waals surface area contributed by atoms with Gasteiger partial charge in [0.15, 0.2) is 11.5 Å². The summed E-state index contributed by atoms with van der Waals surface area (Å²) in [7, 11) is 3.38. The predicted molar refractivity (Wildman–Crippen MR) is 109 cm³/mol. The second-order valence-corrected chi connectivity index (χ2v) is 6.69. The van der Waals surface area contributed by atoms with E-state index in [2.05, 4.69) is 20.2 Å². The maximum absolute atomic E-state index is 13.5. The number of anilines is 1. The quantitative estimate of drug-likeness (QED) is 0.555. The zero-order chi connectivity index (χ0) is 21.3. The standard InChI is InChI=1S/C21H17FN6O2/c1-28(2)21(29)13-8-6-12(7-9-13)16-11-24-18(23)17(25-16)20-27-26-19(30-20)14-4-3-5-15(22)10-14/h3-11H,1-2H3,(H2,23,24). The molecule has 30 heavy (non-hydrogen) atoms. The van der Waals surface area contributed by atoms with E-state index in [-0.39, 0.29) is 29.2 Å². The van der Waals surface area contributed by atoms with Crippen LogP contribution in [0.25, 0.3) is 34.3 Å². The highest BCUT2D eigenvalue weighted by molar-refractivity contribution is 5.94. The Labute approximate surface area is 171 Å². The third-order valence-corrected chi connectivity index (χ3v) is 4.33. The number of hydrogen-bond acceptors (Lipinski definition) is 7. The summed E-state index contributed by atoms with van der Waals surface area (Å²) < 4.78 is 19.1. The minimum Gasteiger partial charge on any atom is -0.414 e. The van der Waals surface area contributed by atoms with Crippen LogP contribution in [0.2, 0.25) is 0 Å². The van der Waals surface area contributed by atoms with Crippen molar-refractivity contribution in [3.05, 3.63) is 66.1 Å². The summed E-state index contributed by atoms with van der Waals surface area (Å²) in [6.45, 7) is 0. The average molecular weight is 404 g/mol. The normalized spacial score (nSPS) is 10.8. The number of rotatable bonds is 4. The molecule has 150 valence electrons. The molecule has 2 N–H and O–H groups in total. The maximum Gasteiger partial charge on any atom is 0.270 e. The summed E-state index contributed by atoms with van der Waals surface area (Å²) in [6, 6.07) is 12.8. The minimum atomic E-state index is -0.412. The van der Waals surface area contributed by atoms with Crippen LogP contribution in [0, 0.1) is 5.82 Å². The largest absolute Gasteiger partial charge is 0.414 e. The molecular weight excluding hydrogens is 387 g/mol. The Balaban J connectivity index is 1.67. The highest BCUT2D eigenvalue weighted by Gasteiger charge is 2.17. The van der Waals surface area contributed by atoms with Gasteiger partial charge < -0.3 is 15.1 Å². The lowest BCUT2D eigenvalue weighted by Crippen LogP contribution is -2.21. The number of carbonyl (C=O) groups is 1. The molecule has 8 nitrogen and oxygen atoms in total. The van der Waals surface area contributed by atoms with Gasteiger partial charge in [0.2, 0.25) is 5.89 Å². The number of nitrogens with two attached hydrogens (primary N) is 1. The molecule has 2 aromatic heterocycles. The average Bonchev–Trinajstić information content (AvgIpc) is 3.24. The predicted octanol–water partition coefficient (Wildman–Crippen LogP) is 3.28. The summed E-state index contributed by atoms with van der Waals surface area (Å²) in [6.07, 6.45) is 1.52. The number of carbonyl (C=O) groups excluding carboxylic acids is 1. The first kappa shape index (κ1) is 19.2. The van der Waals surface area contributed by atoms with Crippen LogP contribution in [-0.2, 0) is 0 Å². The van der Waals surface area contributed by atoms with Gasteiger partial charge in [-0.1, -0.05) is 18.2 Å². The lowest BCUT2D eigenvalue weighted by Gasteiger charge is -2.10. The van der Waals surface area contributed by atoms with Crippen LogP contribution in [0.3, 0.4) is 0 Å². The Morgan fingerprint density at radius 1 is 1.03 bits per heavy atom. The molecule has 0 aliphatic heterocycles. The summed E-state index contributed by atoms with van der Waals surface area (Å²) in [5, 5.41) is 7.92. The van der Waals surface area contributed by atoms with Crippen LogP contribution in [0.5, 0.6) is 0 Å². The van der Waals surface area contributed by atoms with E-state index in [0.717, 1.165) is 5.56 Å². The Morgan fingerprint density at radius 3 is 2.47 bits per heavy atom. The molecule has 0 fully saturated rings. The second kappa shape index (κ2) is 7.70. The second-order valence-electron chi connectivity index (χ2n) is 6.69. The number of aromatic nitrogens is 4. The van der Waals surface area contributed by atoms with Crippen LogP contribution < -0.4 is 5.73 Å². The molecule has 0 saturated heterocycles. The first-order valence-corrected chi connectivity index (χ1v) is 8.97. The number of hydrogen-bond donors (Lipinski definition) is 1. The van der Waals surface area contributed by atoms with Crippen LogP contribution in [0.1, 0.15) is 10.4 Å². The van der Waals surface area contributed by atoms with Crippen molar-refractivity contribution in [1.82, 2.24) is 25.1 Å². The lowest BCUT2D eigenvalue weighted by molar-refractivity contribution is 0.0827. The third kappa shape index (κ3) is 3.72. The molecule has 0 unspecified atom stereocenters. The van der Waals surface area contributed by atoms with Gasteiger partial charge in [0.1, 0.15) is 5.82 Å². The van der Waals surface area contributed by atoms with Crippen molar-refractivity contribution in [3.63, 3.8) is 0 Å². The molecule has 0 radical (unpaired) electrons. The van der Waals surface area contributed by atoms with Crippen molar-refractivity contribution in [3.8, 4) is 34.3 Å². The van der Waals surface area contributed by atoms with Crippen LogP contribution >= 0.6 is 0 Å². The van der Waals surface area contributed by atoms with Gasteiger partial charge in [0.05, 0.1) is 11.9 Å². The highest BCUT2D eigenvalue weighted by Crippen LogP contribution is 2.28. The van der Waals surface area contributed by atoms with E-state index in [9.17, 15) is 9.18 Å². The van der Waals surface area contributed by atoms with Gasteiger partial charge in [-0.3, -0.25) is 4.79 Å². The highest BCUT2D eigenvalue weighted by atomic mass is 19.1. The molecule has 0 saturated carbocycles. The molecule has 0 spiro atoms. The van der Waals surface area contributed by atoms with E-state index in [1.54, 1.807) is 50.5 Å². The molecule has 0 aliphatic carbocycles. The molecule has 0 bridgehead atoms. The molecule has 2 heterocycles. The molecule has 0 atom stereocenters. The van der Waals surface area contributed by atoms with Gasteiger partial charge in [-0.25, -0.2) is 14.4 Å². The Kier molecular flexibility index (Phi) is 4.93. The van der Waals surface area contributed by atoms with E-state index in [0.29, 0.717) is 16.8 Å². The number of halogens is 1. The fraction of sp³-hybridized carbons (Fsp3) is 0.0952. The van der Waals surface area contributed by atoms with Crippen molar-refractivity contribution < 1.29 is 13.6 Å². The summed E-state index contributed by atoms with van der Waals surface area (Å²) in [5.41, 5.74) is 8.44. The SMILES string of the molecule is CN(C)C(=O)c1ccc(-c2cnc(N)c(-c3nnc(-c4cccc(F)c4)o3)n2)cc1. The maximum atomic E-state index is 13.5. The first-order chi connectivity index (χ1) is 14.4. The molecular formula is C21H17FN6O2. The Bertz CT molecular complexity index is 1220. The zero-order valence-electron chi connectivity index (χ0n) is 16.2. The van der Waals surface area contributed by atoms with Crippen molar-refractivity contribution >= 4 is 11.7 Å². The number of amides is 1.